The molecule has 1 aliphatic heterocycles. The highest BCUT2D eigenvalue weighted by molar-refractivity contribution is 5.39. The maximum atomic E-state index is 12.9. The van der Waals surface area contributed by atoms with Gasteiger partial charge in [0.1, 0.15) is 5.82 Å². The van der Waals surface area contributed by atoms with E-state index >= 15 is 0 Å². The zero-order valence-electron chi connectivity index (χ0n) is 12.1. The maximum Gasteiger partial charge on any atom is 0.416 e. The summed E-state index contributed by atoms with van der Waals surface area (Å²) in [5.41, 5.74) is 6.77. The lowest BCUT2D eigenvalue weighted by Crippen LogP contribution is -2.28. The van der Waals surface area contributed by atoms with Crippen LogP contribution >= 0.6 is 0 Å². The van der Waals surface area contributed by atoms with Crippen LogP contribution in [0.5, 0.6) is 0 Å². The van der Waals surface area contributed by atoms with Crippen molar-refractivity contribution in [3.8, 4) is 0 Å². The van der Waals surface area contributed by atoms with E-state index in [0.29, 0.717) is 18.7 Å². The van der Waals surface area contributed by atoms with Gasteiger partial charge in [-0.15, -0.1) is 0 Å². The summed E-state index contributed by atoms with van der Waals surface area (Å²) in [7, 11) is 1.89. The monoisotopic (exact) mass is 310 g/mol. The molecule has 0 fully saturated rings. The standard InChI is InChI=1S/C15H17F3N4/c1-21-5-4-20-14(21)9-22-8-10-2-3-11(15(16,17)18)6-12(10)13(22)7-19/h2-6,13H,7-9,19H2,1H3. The second kappa shape index (κ2) is 5.40. The van der Waals surface area contributed by atoms with E-state index in [1.165, 1.54) is 6.07 Å². The average Bonchev–Trinajstić information content (AvgIpc) is 3.01. The molecule has 1 unspecified atom stereocenters. The van der Waals surface area contributed by atoms with Gasteiger partial charge < -0.3 is 10.3 Å². The number of hydrogen-bond donors (Lipinski definition) is 1. The number of aromatic nitrogens is 2. The first-order valence-corrected chi connectivity index (χ1v) is 7.00. The summed E-state index contributed by atoms with van der Waals surface area (Å²) in [5.74, 6) is 0.863. The number of hydrogen-bond acceptors (Lipinski definition) is 3. The van der Waals surface area contributed by atoms with Crippen LogP contribution in [0.4, 0.5) is 13.2 Å². The van der Waals surface area contributed by atoms with Crippen LogP contribution in [0.25, 0.3) is 0 Å². The summed E-state index contributed by atoms with van der Waals surface area (Å²) < 4.78 is 40.6. The minimum atomic E-state index is -4.33. The number of benzene rings is 1. The van der Waals surface area contributed by atoms with Crippen LogP contribution in [0, 0.1) is 0 Å². The summed E-state index contributed by atoms with van der Waals surface area (Å²) in [6, 6.07) is 3.70. The van der Waals surface area contributed by atoms with Crippen molar-refractivity contribution >= 4 is 0 Å². The Hall–Kier alpha value is -1.86. The lowest BCUT2D eigenvalue weighted by atomic mass is 10.0. The Morgan fingerprint density at radius 2 is 2.14 bits per heavy atom. The molecule has 0 saturated heterocycles. The zero-order valence-corrected chi connectivity index (χ0v) is 12.1. The highest BCUT2D eigenvalue weighted by Crippen LogP contribution is 2.38. The molecular weight excluding hydrogens is 293 g/mol. The van der Waals surface area contributed by atoms with Gasteiger partial charge in [-0.05, 0) is 23.3 Å². The fourth-order valence-electron chi connectivity index (χ4n) is 2.92. The van der Waals surface area contributed by atoms with Crippen molar-refractivity contribution in [2.45, 2.75) is 25.3 Å². The van der Waals surface area contributed by atoms with Crippen LogP contribution in [-0.2, 0) is 26.3 Å². The fourth-order valence-corrected chi connectivity index (χ4v) is 2.92. The second-order valence-electron chi connectivity index (χ2n) is 5.52. The van der Waals surface area contributed by atoms with Crippen LogP contribution < -0.4 is 5.73 Å². The average molecular weight is 310 g/mol. The van der Waals surface area contributed by atoms with Crippen molar-refractivity contribution in [2.75, 3.05) is 6.54 Å². The van der Waals surface area contributed by atoms with Gasteiger partial charge in [-0.1, -0.05) is 6.07 Å². The largest absolute Gasteiger partial charge is 0.416 e. The molecule has 4 nitrogen and oxygen atoms in total. The summed E-state index contributed by atoms with van der Waals surface area (Å²) >= 11 is 0. The van der Waals surface area contributed by atoms with Crippen molar-refractivity contribution in [3.63, 3.8) is 0 Å². The number of rotatable bonds is 3. The topological polar surface area (TPSA) is 47.1 Å². The number of imidazole rings is 1. The first-order valence-electron chi connectivity index (χ1n) is 7.00. The normalized spacial score (nSPS) is 18.7. The highest BCUT2D eigenvalue weighted by atomic mass is 19.4. The molecule has 1 aromatic carbocycles. The molecule has 22 heavy (non-hydrogen) atoms. The van der Waals surface area contributed by atoms with E-state index in [0.717, 1.165) is 17.5 Å². The summed E-state index contributed by atoms with van der Waals surface area (Å²) in [4.78, 5) is 6.33. The highest BCUT2D eigenvalue weighted by Gasteiger charge is 2.35. The number of fused-ring (bicyclic) bond motifs is 1. The summed E-state index contributed by atoms with van der Waals surface area (Å²) in [5, 5.41) is 0. The molecule has 2 N–H and O–H groups in total. The first kappa shape index (κ1) is 15.1. The Balaban J connectivity index is 1.89. The Morgan fingerprint density at radius 1 is 1.36 bits per heavy atom. The fraction of sp³-hybridized carbons (Fsp3) is 0.400. The molecule has 0 amide bonds. The van der Waals surface area contributed by atoms with E-state index in [9.17, 15) is 13.2 Å². The van der Waals surface area contributed by atoms with Crippen LogP contribution in [-0.4, -0.2) is 21.0 Å². The van der Waals surface area contributed by atoms with Crippen LogP contribution in [0.2, 0.25) is 0 Å². The van der Waals surface area contributed by atoms with E-state index < -0.39 is 11.7 Å². The predicted octanol–water partition coefficient (Wildman–Crippen LogP) is 2.45. The molecule has 3 rings (SSSR count). The summed E-state index contributed by atoms with van der Waals surface area (Å²) in [6.45, 7) is 1.42. The molecule has 118 valence electrons. The molecule has 0 radical (unpaired) electrons. The smallest absolute Gasteiger partial charge is 0.337 e. The van der Waals surface area contributed by atoms with E-state index in [2.05, 4.69) is 9.88 Å². The Labute approximate surface area is 126 Å². The number of nitrogens with two attached hydrogens (primary N) is 1. The lowest BCUT2D eigenvalue weighted by molar-refractivity contribution is -0.137. The predicted molar refractivity (Wildman–Crippen MR) is 75.7 cm³/mol. The zero-order chi connectivity index (χ0) is 15.9. The molecule has 0 saturated carbocycles. The van der Waals surface area contributed by atoms with Crippen LogP contribution in [0.15, 0.2) is 30.6 Å². The van der Waals surface area contributed by atoms with E-state index in [1.807, 2.05) is 17.8 Å². The number of halogens is 3. The molecular formula is C15H17F3N4. The van der Waals surface area contributed by atoms with Gasteiger partial charge in [0.15, 0.2) is 0 Å². The van der Waals surface area contributed by atoms with Gasteiger partial charge in [0.05, 0.1) is 12.1 Å². The second-order valence-corrected chi connectivity index (χ2v) is 5.52. The SMILES string of the molecule is Cn1ccnc1CN1Cc2ccc(C(F)(F)F)cc2C1CN. The van der Waals surface area contributed by atoms with Crippen molar-refractivity contribution in [1.82, 2.24) is 14.5 Å². The van der Waals surface area contributed by atoms with Crippen LogP contribution in [0.1, 0.15) is 28.6 Å². The van der Waals surface area contributed by atoms with Crippen LogP contribution in [0.3, 0.4) is 0 Å². The van der Waals surface area contributed by atoms with E-state index in [-0.39, 0.29) is 12.6 Å². The van der Waals surface area contributed by atoms with E-state index in [4.69, 9.17) is 5.73 Å². The molecule has 0 spiro atoms. The third-order valence-corrected chi connectivity index (χ3v) is 4.14. The number of alkyl halides is 3. The first-order chi connectivity index (χ1) is 10.4. The van der Waals surface area contributed by atoms with Gasteiger partial charge in [-0.25, -0.2) is 4.98 Å². The number of nitrogens with zero attached hydrogens (tertiary/aromatic N) is 3. The maximum absolute atomic E-state index is 12.9. The Bertz CT molecular complexity index is 678. The quantitative estimate of drug-likeness (QED) is 0.947. The van der Waals surface area contributed by atoms with E-state index in [1.54, 1.807) is 12.3 Å². The van der Waals surface area contributed by atoms with Crippen molar-refractivity contribution in [3.05, 3.63) is 53.1 Å². The van der Waals surface area contributed by atoms with Gasteiger partial charge in [0, 0.05) is 38.6 Å². The minimum Gasteiger partial charge on any atom is -0.337 e. The molecule has 7 heteroatoms. The Kier molecular flexibility index (Phi) is 3.70. The molecule has 1 atom stereocenters. The molecule has 0 aliphatic carbocycles. The molecule has 2 aromatic rings. The third-order valence-electron chi connectivity index (χ3n) is 4.14. The molecule has 2 heterocycles. The number of aryl methyl sites for hydroxylation is 1. The van der Waals surface area contributed by atoms with Gasteiger partial charge in [0.2, 0.25) is 0 Å². The minimum absolute atomic E-state index is 0.214. The molecule has 1 aromatic heterocycles. The van der Waals surface area contributed by atoms with Gasteiger partial charge in [-0.2, -0.15) is 13.2 Å². The van der Waals surface area contributed by atoms with Crippen molar-refractivity contribution in [2.24, 2.45) is 12.8 Å². The van der Waals surface area contributed by atoms with Gasteiger partial charge >= 0.3 is 6.18 Å². The van der Waals surface area contributed by atoms with Gasteiger partial charge in [0.25, 0.3) is 0 Å². The third kappa shape index (κ3) is 2.62. The van der Waals surface area contributed by atoms with Crippen molar-refractivity contribution < 1.29 is 13.2 Å². The van der Waals surface area contributed by atoms with Crippen molar-refractivity contribution in [1.29, 1.82) is 0 Å². The van der Waals surface area contributed by atoms with Gasteiger partial charge in [-0.3, -0.25) is 4.90 Å². The Morgan fingerprint density at radius 3 is 2.73 bits per heavy atom. The summed E-state index contributed by atoms with van der Waals surface area (Å²) in [6.07, 6.45) is -0.781. The lowest BCUT2D eigenvalue weighted by Gasteiger charge is -2.23. The molecule has 0 bridgehead atoms. The molecule has 1 aliphatic rings.